The molecule has 0 amide bonds. The molecule has 2 N–H and O–H groups in total. The molecule has 3 heteroatoms. The van der Waals surface area contributed by atoms with Crippen molar-refractivity contribution in [1.29, 1.82) is 0 Å². The molecule has 1 aromatic rings. The molecule has 2 atom stereocenters. The number of piperidine rings is 1. The Morgan fingerprint density at radius 3 is 2.76 bits per heavy atom. The van der Waals surface area contributed by atoms with Crippen LogP contribution in [0.25, 0.3) is 0 Å². The Kier molecular flexibility index (Phi) is 4.10. The Balaban J connectivity index is 2.22. The summed E-state index contributed by atoms with van der Waals surface area (Å²) >= 11 is 3.51. The molecule has 0 aliphatic carbocycles. The van der Waals surface area contributed by atoms with Gasteiger partial charge >= 0.3 is 0 Å². The molecule has 0 aromatic heterocycles. The van der Waals surface area contributed by atoms with Gasteiger partial charge in [-0.3, -0.25) is 0 Å². The average molecular weight is 297 g/mol. The molecule has 2 nitrogen and oxygen atoms in total. The van der Waals surface area contributed by atoms with E-state index in [1.165, 1.54) is 17.7 Å². The van der Waals surface area contributed by atoms with Gasteiger partial charge < -0.3 is 10.6 Å². The highest BCUT2D eigenvalue weighted by atomic mass is 79.9. The predicted octanol–water partition coefficient (Wildman–Crippen LogP) is 3.39. The first-order valence-corrected chi connectivity index (χ1v) is 7.14. The van der Waals surface area contributed by atoms with Crippen LogP contribution in [0.2, 0.25) is 0 Å². The van der Waals surface area contributed by atoms with E-state index >= 15 is 0 Å². The molecule has 94 valence electrons. The minimum Gasteiger partial charge on any atom is -0.371 e. The zero-order valence-electron chi connectivity index (χ0n) is 10.6. The standard InChI is InChI=1S/C14H21BrN2/c1-10-5-6-17(9-11(10)2)14-4-3-13(15)7-12(14)8-16/h3-4,7,10-11H,5-6,8-9,16H2,1-2H3. The van der Waals surface area contributed by atoms with Gasteiger partial charge in [-0.25, -0.2) is 0 Å². The van der Waals surface area contributed by atoms with Crippen molar-refractivity contribution < 1.29 is 0 Å². The SMILES string of the molecule is CC1CCN(c2ccc(Br)cc2CN)CC1C. The maximum atomic E-state index is 5.84. The Morgan fingerprint density at radius 1 is 1.35 bits per heavy atom. The van der Waals surface area contributed by atoms with Crippen LogP contribution in [0.1, 0.15) is 25.8 Å². The van der Waals surface area contributed by atoms with E-state index in [-0.39, 0.29) is 0 Å². The van der Waals surface area contributed by atoms with Crippen LogP contribution in [-0.2, 0) is 6.54 Å². The lowest BCUT2D eigenvalue weighted by Gasteiger charge is -2.37. The van der Waals surface area contributed by atoms with Gasteiger partial charge in [0.25, 0.3) is 0 Å². The van der Waals surface area contributed by atoms with Crippen molar-refractivity contribution in [2.75, 3.05) is 18.0 Å². The molecular formula is C14H21BrN2. The third-order valence-corrected chi connectivity index (χ3v) is 4.43. The molecule has 0 bridgehead atoms. The molecule has 2 rings (SSSR count). The van der Waals surface area contributed by atoms with Crippen molar-refractivity contribution >= 4 is 21.6 Å². The van der Waals surface area contributed by atoms with Crippen LogP contribution in [0, 0.1) is 11.8 Å². The third kappa shape index (κ3) is 2.83. The lowest BCUT2D eigenvalue weighted by molar-refractivity contribution is 0.323. The largest absolute Gasteiger partial charge is 0.371 e. The Labute approximate surface area is 112 Å². The van der Waals surface area contributed by atoms with Gasteiger partial charge in [0.05, 0.1) is 0 Å². The Morgan fingerprint density at radius 2 is 2.12 bits per heavy atom. The van der Waals surface area contributed by atoms with E-state index in [1.54, 1.807) is 0 Å². The maximum absolute atomic E-state index is 5.84. The minimum absolute atomic E-state index is 0.606. The minimum atomic E-state index is 0.606. The second kappa shape index (κ2) is 5.40. The molecule has 17 heavy (non-hydrogen) atoms. The zero-order valence-corrected chi connectivity index (χ0v) is 12.2. The number of nitrogens with zero attached hydrogens (tertiary/aromatic N) is 1. The first-order valence-electron chi connectivity index (χ1n) is 6.35. The van der Waals surface area contributed by atoms with E-state index in [0.717, 1.165) is 29.4 Å². The zero-order chi connectivity index (χ0) is 12.4. The summed E-state index contributed by atoms with van der Waals surface area (Å²) in [4.78, 5) is 2.49. The molecule has 1 saturated heterocycles. The van der Waals surface area contributed by atoms with Gasteiger partial charge in [0.15, 0.2) is 0 Å². The molecule has 2 unspecified atom stereocenters. The lowest BCUT2D eigenvalue weighted by Crippen LogP contribution is -2.39. The highest BCUT2D eigenvalue weighted by Crippen LogP contribution is 2.30. The van der Waals surface area contributed by atoms with Crippen molar-refractivity contribution in [3.8, 4) is 0 Å². The molecule has 0 radical (unpaired) electrons. The summed E-state index contributed by atoms with van der Waals surface area (Å²) in [5.74, 6) is 1.60. The second-order valence-electron chi connectivity index (χ2n) is 5.17. The van der Waals surface area contributed by atoms with Crippen LogP contribution >= 0.6 is 15.9 Å². The van der Waals surface area contributed by atoms with Crippen molar-refractivity contribution in [3.05, 3.63) is 28.2 Å². The summed E-state index contributed by atoms with van der Waals surface area (Å²) < 4.78 is 1.11. The van der Waals surface area contributed by atoms with Crippen LogP contribution in [0.5, 0.6) is 0 Å². The van der Waals surface area contributed by atoms with Crippen molar-refractivity contribution in [2.45, 2.75) is 26.8 Å². The quantitative estimate of drug-likeness (QED) is 0.906. The predicted molar refractivity (Wildman–Crippen MR) is 77.2 cm³/mol. The van der Waals surface area contributed by atoms with Crippen molar-refractivity contribution in [2.24, 2.45) is 17.6 Å². The van der Waals surface area contributed by atoms with Crippen molar-refractivity contribution in [3.63, 3.8) is 0 Å². The molecule has 1 heterocycles. The molecule has 1 fully saturated rings. The Bertz CT molecular complexity index is 392. The van der Waals surface area contributed by atoms with Gasteiger partial charge in [-0.15, -0.1) is 0 Å². The molecule has 0 saturated carbocycles. The third-order valence-electron chi connectivity index (χ3n) is 3.94. The van der Waals surface area contributed by atoms with Crippen LogP contribution in [0.4, 0.5) is 5.69 Å². The van der Waals surface area contributed by atoms with Crippen LogP contribution in [-0.4, -0.2) is 13.1 Å². The molecule has 1 aliphatic heterocycles. The summed E-state index contributed by atoms with van der Waals surface area (Å²) in [6, 6.07) is 6.43. The van der Waals surface area contributed by atoms with Crippen LogP contribution in [0.15, 0.2) is 22.7 Å². The van der Waals surface area contributed by atoms with E-state index in [4.69, 9.17) is 5.73 Å². The summed E-state index contributed by atoms with van der Waals surface area (Å²) in [5.41, 5.74) is 8.39. The molecular weight excluding hydrogens is 276 g/mol. The Hall–Kier alpha value is -0.540. The maximum Gasteiger partial charge on any atom is 0.0412 e. The number of hydrogen-bond acceptors (Lipinski definition) is 2. The first-order chi connectivity index (χ1) is 8.11. The van der Waals surface area contributed by atoms with E-state index in [9.17, 15) is 0 Å². The van der Waals surface area contributed by atoms with Gasteiger partial charge in [-0.2, -0.15) is 0 Å². The summed E-state index contributed by atoms with van der Waals surface area (Å²) in [6.45, 7) is 7.61. The van der Waals surface area contributed by atoms with Gasteiger partial charge in [-0.05, 0) is 42.0 Å². The highest BCUT2D eigenvalue weighted by molar-refractivity contribution is 9.10. The van der Waals surface area contributed by atoms with Gasteiger partial charge in [0.2, 0.25) is 0 Å². The number of rotatable bonds is 2. The van der Waals surface area contributed by atoms with E-state index in [0.29, 0.717) is 6.54 Å². The van der Waals surface area contributed by atoms with Crippen LogP contribution < -0.4 is 10.6 Å². The second-order valence-corrected chi connectivity index (χ2v) is 6.08. The van der Waals surface area contributed by atoms with Gasteiger partial charge in [0, 0.05) is 29.8 Å². The molecule has 1 aliphatic rings. The fourth-order valence-electron chi connectivity index (χ4n) is 2.51. The van der Waals surface area contributed by atoms with Crippen molar-refractivity contribution in [1.82, 2.24) is 0 Å². The van der Waals surface area contributed by atoms with Crippen LogP contribution in [0.3, 0.4) is 0 Å². The first kappa shape index (κ1) is 12.9. The average Bonchev–Trinajstić information content (AvgIpc) is 2.32. The smallest absolute Gasteiger partial charge is 0.0412 e. The van der Waals surface area contributed by atoms with E-state index in [1.807, 2.05) is 0 Å². The van der Waals surface area contributed by atoms with Gasteiger partial charge in [0.1, 0.15) is 0 Å². The lowest BCUT2D eigenvalue weighted by atomic mass is 9.88. The number of nitrogens with two attached hydrogens (primary N) is 1. The molecule has 1 aromatic carbocycles. The number of halogens is 1. The highest BCUT2D eigenvalue weighted by Gasteiger charge is 2.23. The van der Waals surface area contributed by atoms with E-state index in [2.05, 4.69) is 52.9 Å². The fraction of sp³-hybridized carbons (Fsp3) is 0.571. The summed E-state index contributed by atoms with van der Waals surface area (Å²) in [7, 11) is 0. The normalized spacial score (nSPS) is 25.1. The number of benzene rings is 1. The summed E-state index contributed by atoms with van der Waals surface area (Å²) in [6.07, 6.45) is 1.28. The number of hydrogen-bond donors (Lipinski definition) is 1. The fourth-order valence-corrected chi connectivity index (χ4v) is 2.92. The number of anilines is 1. The topological polar surface area (TPSA) is 29.3 Å². The van der Waals surface area contributed by atoms with Gasteiger partial charge in [-0.1, -0.05) is 29.8 Å². The molecule has 0 spiro atoms. The van der Waals surface area contributed by atoms with E-state index < -0.39 is 0 Å². The monoisotopic (exact) mass is 296 g/mol. The summed E-state index contributed by atoms with van der Waals surface area (Å²) in [5, 5.41) is 0.